The molecule has 0 aromatic carbocycles. The van der Waals surface area contributed by atoms with Gasteiger partial charge in [-0.2, -0.15) is 0 Å². The van der Waals surface area contributed by atoms with Crippen molar-refractivity contribution in [2.75, 3.05) is 0 Å². The summed E-state index contributed by atoms with van der Waals surface area (Å²) in [5.74, 6) is 0. The van der Waals surface area contributed by atoms with Crippen LogP contribution in [0.25, 0.3) is 0 Å². The number of nitrogens with two attached hydrogens (primary N) is 2. The van der Waals surface area contributed by atoms with Crippen LogP contribution in [0.1, 0.15) is 8.85 Å². The Morgan fingerprint density at radius 2 is 1.00 bits per heavy atom. The van der Waals surface area contributed by atoms with Crippen molar-refractivity contribution < 1.29 is 51.5 Å². The number of carbonyl (C=O) groups is 2. The summed E-state index contributed by atoms with van der Waals surface area (Å²) >= 11 is 6.21. The summed E-state index contributed by atoms with van der Waals surface area (Å²) in [5, 5.41) is -1.28. The molecule has 0 saturated heterocycles. The maximum absolute atomic E-state index is 9.09. The second kappa shape index (κ2) is 30.0. The first-order chi connectivity index (χ1) is 3.46. The van der Waals surface area contributed by atoms with Gasteiger partial charge in [0.15, 0.2) is 0 Å². The number of amides is 2. The molecule has 0 aliphatic rings. The van der Waals surface area contributed by atoms with Crippen molar-refractivity contribution in [2.24, 2.45) is 11.5 Å². The number of thiol groups is 2. The zero-order valence-corrected chi connectivity index (χ0v) is 9.65. The Morgan fingerprint density at radius 1 is 1.00 bits per heavy atom. The molecule has 74 valence electrons. The molecule has 0 fully saturated rings. The van der Waals surface area contributed by atoms with E-state index in [9.17, 15) is 0 Å². The van der Waals surface area contributed by atoms with E-state index in [2.05, 4.69) is 36.7 Å². The number of rotatable bonds is 0. The van der Waals surface area contributed by atoms with Gasteiger partial charge < -0.3 is 23.8 Å². The molecule has 0 aliphatic heterocycles. The zero-order chi connectivity index (χ0) is 7.15. The quantitative estimate of drug-likeness (QED) is 0.248. The van der Waals surface area contributed by atoms with Crippen molar-refractivity contribution in [1.82, 2.24) is 0 Å². The van der Waals surface area contributed by atoms with Gasteiger partial charge >= 0.3 is 29.6 Å². The molecule has 0 rings (SSSR count). The van der Waals surface area contributed by atoms with Crippen LogP contribution in [0.4, 0.5) is 9.59 Å². The van der Waals surface area contributed by atoms with E-state index in [4.69, 9.17) is 9.59 Å². The van der Waals surface area contributed by atoms with Crippen molar-refractivity contribution in [3.8, 4) is 0 Å². The Kier molecular flexibility index (Phi) is 97.4. The summed E-state index contributed by atoms with van der Waals surface area (Å²) in [7, 11) is 0. The minimum absolute atomic E-state index is 0. The van der Waals surface area contributed by atoms with Gasteiger partial charge in [0.1, 0.15) is 0 Å². The van der Waals surface area contributed by atoms with Gasteiger partial charge in [0.05, 0.1) is 0 Å². The smallest absolute Gasteiger partial charge is 1.00 e. The Morgan fingerprint density at radius 3 is 1.00 bits per heavy atom. The molecule has 8 N–H and O–H groups in total. The maximum Gasteiger partial charge on any atom is 1.00 e. The first-order valence-electron chi connectivity index (χ1n) is 1.43. The Labute approximate surface area is 106 Å². The van der Waals surface area contributed by atoms with Crippen LogP contribution in [0.15, 0.2) is 0 Å². The summed E-state index contributed by atoms with van der Waals surface area (Å²) in [6, 6.07) is 0. The van der Waals surface area contributed by atoms with E-state index in [1.165, 1.54) is 0 Å². The van der Waals surface area contributed by atoms with Crippen molar-refractivity contribution in [3.63, 3.8) is 0 Å². The van der Waals surface area contributed by atoms with Crippen LogP contribution in [0.3, 0.4) is 0 Å². The summed E-state index contributed by atoms with van der Waals surface area (Å²) in [6.45, 7) is 0. The van der Waals surface area contributed by atoms with E-state index in [0.717, 1.165) is 0 Å². The molecule has 0 radical (unpaired) electrons. The van der Waals surface area contributed by atoms with Crippen LogP contribution in [0.5, 0.6) is 0 Å². The van der Waals surface area contributed by atoms with Crippen molar-refractivity contribution in [2.45, 2.75) is 7.43 Å². The molecule has 0 atom stereocenters. The van der Waals surface area contributed by atoms with E-state index in [1.54, 1.807) is 0 Å². The fraction of sp³-hybridized carbons (Fsp3) is 0.333. The van der Waals surface area contributed by atoms with Crippen LogP contribution in [0.2, 0.25) is 0 Å². The minimum Gasteiger partial charge on any atom is -1.00 e. The second-order valence-corrected chi connectivity index (χ2v) is 1.56. The van der Waals surface area contributed by atoms with Gasteiger partial charge in [-0.25, -0.2) is 0 Å². The van der Waals surface area contributed by atoms with Crippen molar-refractivity contribution >= 4 is 35.7 Å². The monoisotopic (exact) mass is 230 g/mol. The van der Waals surface area contributed by atoms with E-state index >= 15 is 0 Å². The fourth-order valence-corrected chi connectivity index (χ4v) is 0. The molecule has 0 aliphatic carbocycles. The molecule has 2 amide bonds. The normalized spacial score (nSPS) is 4.17. The second-order valence-electron chi connectivity index (χ2n) is 0.676. The van der Waals surface area contributed by atoms with E-state index in [-0.39, 0.29) is 49.4 Å². The maximum atomic E-state index is 9.09. The van der Waals surface area contributed by atoms with E-state index in [1.807, 2.05) is 0 Å². The zero-order valence-electron chi connectivity index (χ0n) is 6.87. The topological polar surface area (TPSA) is 149 Å². The summed E-state index contributed by atoms with van der Waals surface area (Å²) < 4.78 is 0. The summed E-state index contributed by atoms with van der Waals surface area (Å²) in [6.07, 6.45) is 0. The molecule has 12 heavy (non-hydrogen) atoms. The Hall–Kier alpha value is 0.560. The van der Waals surface area contributed by atoms with Gasteiger partial charge in [0.25, 0.3) is 10.5 Å². The molecule has 0 unspecified atom stereocenters. The molecule has 0 heterocycles. The minimum atomic E-state index is -0.639. The Bertz CT molecular complexity index is 89.4. The average molecular weight is 230 g/mol. The van der Waals surface area contributed by atoms with Gasteiger partial charge in [0.2, 0.25) is 0 Å². The van der Waals surface area contributed by atoms with Crippen LogP contribution in [-0.2, 0) is 0 Å². The van der Waals surface area contributed by atoms with E-state index in [0.29, 0.717) is 0 Å². The first-order valence-corrected chi connectivity index (χ1v) is 2.33. The molecule has 9 heteroatoms. The summed E-state index contributed by atoms with van der Waals surface area (Å²) in [4.78, 5) is 18.2. The largest absolute Gasteiger partial charge is 1.00 e. The molecule has 0 bridgehead atoms. The van der Waals surface area contributed by atoms with E-state index < -0.39 is 10.5 Å². The third-order valence-corrected chi connectivity index (χ3v) is 0. The van der Waals surface area contributed by atoms with Crippen LogP contribution >= 0.6 is 25.3 Å². The Balaban J connectivity index is -0.00000000800. The molecule has 0 aromatic heterocycles. The number of hydrogen-bond donors (Lipinski definition) is 4. The number of hydrogen-bond acceptors (Lipinski definition) is 2. The molecular formula is C3H15N2NaO4S2. The van der Waals surface area contributed by atoms with Gasteiger partial charge in [-0.1, -0.05) is 32.7 Å². The number of carbonyl (C=O) groups excluding carboxylic acids is 2. The van der Waals surface area contributed by atoms with Gasteiger partial charge in [-0.05, 0) is 0 Å². The van der Waals surface area contributed by atoms with Crippen molar-refractivity contribution in [1.29, 1.82) is 0 Å². The van der Waals surface area contributed by atoms with Gasteiger partial charge in [0, 0.05) is 0 Å². The van der Waals surface area contributed by atoms with Gasteiger partial charge in [-0.3, -0.25) is 9.59 Å². The predicted molar refractivity (Wildman–Crippen MR) is 52.2 cm³/mol. The first kappa shape index (κ1) is 39.0. The molecule has 0 spiro atoms. The molecule has 0 aromatic rings. The number of primary amides is 2. The molecule has 6 nitrogen and oxygen atoms in total. The standard InChI is InChI=1S/2CH3NOS.CH4.Na.2H2O.H/c2*2-1(3)4;;;;;/h2*(H3,2,3,4);1H4;;2*1H2;/q;;;+1;;;-1. The SMILES string of the molecule is C.NC(=O)S.NC(=O)S.O.O.[H-].[Na+]. The fourth-order valence-electron chi connectivity index (χ4n) is 0. The van der Waals surface area contributed by atoms with Crippen LogP contribution < -0.4 is 41.0 Å². The molecular weight excluding hydrogens is 215 g/mol. The predicted octanol–water partition coefficient (Wildman–Crippen LogP) is -3.91. The van der Waals surface area contributed by atoms with Crippen LogP contribution in [-0.4, -0.2) is 21.4 Å². The summed E-state index contributed by atoms with van der Waals surface area (Å²) in [5.41, 5.74) is 8.67. The average Bonchev–Trinajstić information content (AvgIpc) is 1.25. The molecule has 0 saturated carbocycles. The van der Waals surface area contributed by atoms with Crippen LogP contribution in [0, 0.1) is 0 Å². The van der Waals surface area contributed by atoms with Crippen molar-refractivity contribution in [3.05, 3.63) is 0 Å². The third kappa shape index (κ3) is 3080. The van der Waals surface area contributed by atoms with Gasteiger partial charge in [-0.15, -0.1) is 0 Å². The third-order valence-electron chi connectivity index (χ3n) is 0.